The monoisotopic (exact) mass is 538 g/mol. The lowest BCUT2D eigenvalue weighted by atomic mass is 9.87. The minimum absolute atomic E-state index is 0.126. The van der Waals surface area contributed by atoms with E-state index in [1.54, 1.807) is 34.0 Å². The molecule has 11 heteroatoms. The highest BCUT2D eigenvalue weighted by atomic mass is 16.6. The molecule has 2 aromatic heterocycles. The number of fused-ring (bicyclic) bond motifs is 3. The zero-order chi connectivity index (χ0) is 27.9. The number of aromatic nitrogens is 2. The first-order chi connectivity index (χ1) is 18.5. The minimum atomic E-state index is -1.01. The molecule has 0 aliphatic carbocycles. The highest BCUT2D eigenvalue weighted by Crippen LogP contribution is 2.35. The summed E-state index contributed by atoms with van der Waals surface area (Å²) in [5, 5.41) is 13.4. The van der Waals surface area contributed by atoms with E-state index >= 15 is 0 Å². The van der Waals surface area contributed by atoms with Crippen LogP contribution in [0.5, 0.6) is 0 Å². The van der Waals surface area contributed by atoms with Gasteiger partial charge >= 0.3 is 17.9 Å². The van der Waals surface area contributed by atoms with Gasteiger partial charge in [-0.15, -0.1) is 0 Å². The number of nitrogens with zero attached hydrogens (tertiary/aromatic N) is 3. The van der Waals surface area contributed by atoms with Crippen LogP contribution in [0, 0.1) is 6.92 Å². The van der Waals surface area contributed by atoms with Crippen molar-refractivity contribution in [2.45, 2.75) is 77.0 Å². The zero-order valence-corrected chi connectivity index (χ0v) is 22.6. The van der Waals surface area contributed by atoms with Crippen LogP contribution < -0.4 is 11.1 Å². The normalized spacial score (nSPS) is 18.7. The van der Waals surface area contributed by atoms with Gasteiger partial charge in [0.15, 0.2) is 5.76 Å². The molecule has 11 nitrogen and oxygen atoms in total. The van der Waals surface area contributed by atoms with Crippen LogP contribution in [0.15, 0.2) is 44.2 Å². The fraction of sp³-hybridized carbons (Fsp3) is 0.500. The fourth-order valence-corrected chi connectivity index (χ4v) is 5.70. The maximum Gasteiger partial charge on any atom is 0.519 e. The number of amides is 1. The van der Waals surface area contributed by atoms with E-state index in [9.17, 15) is 19.5 Å². The lowest BCUT2D eigenvalue weighted by molar-refractivity contribution is -0.144. The molecule has 1 unspecified atom stereocenters. The summed E-state index contributed by atoms with van der Waals surface area (Å²) in [6, 6.07) is 6.84. The van der Waals surface area contributed by atoms with E-state index in [0.29, 0.717) is 43.1 Å². The largest absolute Gasteiger partial charge is 0.519 e. The van der Waals surface area contributed by atoms with Crippen molar-refractivity contribution in [3.8, 4) is 5.69 Å². The molecule has 0 radical (unpaired) electrons. The molecule has 2 aliphatic rings. The number of benzene rings is 1. The van der Waals surface area contributed by atoms with Crippen molar-refractivity contribution in [2.24, 2.45) is 0 Å². The van der Waals surface area contributed by atoms with Crippen LogP contribution in [-0.4, -0.2) is 62.4 Å². The quantitative estimate of drug-likeness (QED) is 0.464. The van der Waals surface area contributed by atoms with Crippen molar-refractivity contribution in [1.82, 2.24) is 19.8 Å². The third-order valence-corrected chi connectivity index (χ3v) is 7.34. The highest BCUT2D eigenvalue weighted by Gasteiger charge is 2.42. The van der Waals surface area contributed by atoms with Crippen LogP contribution >= 0.6 is 0 Å². The molecule has 39 heavy (non-hydrogen) atoms. The first-order valence-corrected chi connectivity index (χ1v) is 13.2. The van der Waals surface area contributed by atoms with E-state index in [1.165, 1.54) is 5.56 Å². The fourth-order valence-electron chi connectivity index (χ4n) is 5.70. The van der Waals surface area contributed by atoms with Gasteiger partial charge in [-0.25, -0.2) is 14.6 Å². The summed E-state index contributed by atoms with van der Waals surface area (Å²) in [7, 11) is 0. The van der Waals surface area contributed by atoms with Gasteiger partial charge in [0.05, 0.1) is 12.0 Å². The van der Waals surface area contributed by atoms with Crippen LogP contribution in [0.1, 0.15) is 61.6 Å². The molecule has 1 saturated heterocycles. The van der Waals surface area contributed by atoms with Gasteiger partial charge in [0.1, 0.15) is 17.4 Å². The number of ether oxygens (including phenoxy) is 1. The standard InChI is InChI=1S/C28H34N4O7/c1-16-22(38-27(36)37-16)13-19(23-21-10-9-17-7-5-6-8-20(17)32(21)15-29-23)24(25(33)34)31-12-11-18(14-31)30-26(35)39-28(2,3)4/h5-8,15,18-19,24H,9-14H2,1-4H3,(H,30,35)(H,33,34)/t18-,19?,24-/m0/s1. The highest BCUT2D eigenvalue weighted by molar-refractivity contribution is 5.75. The van der Waals surface area contributed by atoms with Gasteiger partial charge in [-0.2, -0.15) is 0 Å². The summed E-state index contributed by atoms with van der Waals surface area (Å²) in [5.41, 5.74) is 3.19. The van der Waals surface area contributed by atoms with Crippen molar-refractivity contribution in [2.75, 3.05) is 13.1 Å². The first-order valence-electron chi connectivity index (χ1n) is 13.2. The number of likely N-dealkylation sites (tertiary alicyclic amines) is 1. The van der Waals surface area contributed by atoms with E-state index in [-0.39, 0.29) is 12.5 Å². The number of hydrogen-bond donors (Lipinski definition) is 2. The lowest BCUT2D eigenvalue weighted by Gasteiger charge is -2.31. The maximum absolute atomic E-state index is 12.9. The average molecular weight is 539 g/mol. The van der Waals surface area contributed by atoms with Gasteiger partial charge in [0.2, 0.25) is 0 Å². The second-order valence-corrected chi connectivity index (χ2v) is 11.2. The van der Waals surface area contributed by atoms with E-state index < -0.39 is 35.4 Å². The summed E-state index contributed by atoms with van der Waals surface area (Å²) < 4.78 is 17.8. The number of carboxylic acids is 1. The Morgan fingerprint density at radius 3 is 2.69 bits per heavy atom. The molecule has 1 amide bonds. The van der Waals surface area contributed by atoms with E-state index in [0.717, 1.165) is 17.8 Å². The third-order valence-electron chi connectivity index (χ3n) is 7.34. The number of carboxylic acid groups (broad SMARTS) is 1. The predicted octanol–water partition coefficient (Wildman–Crippen LogP) is 3.20. The van der Waals surface area contributed by atoms with Crippen LogP contribution in [0.25, 0.3) is 5.69 Å². The second-order valence-electron chi connectivity index (χ2n) is 11.2. The molecular formula is C28H34N4O7. The molecule has 2 N–H and O–H groups in total. The van der Waals surface area contributed by atoms with Crippen LogP contribution in [0.4, 0.5) is 4.79 Å². The Hall–Kier alpha value is -3.86. The minimum Gasteiger partial charge on any atom is -0.480 e. The van der Waals surface area contributed by atoms with Crippen LogP contribution in [0.2, 0.25) is 0 Å². The van der Waals surface area contributed by atoms with E-state index in [4.69, 9.17) is 18.6 Å². The Bertz CT molecular complexity index is 1430. The van der Waals surface area contributed by atoms with Crippen molar-refractivity contribution in [3.05, 3.63) is 69.7 Å². The Kier molecular flexibility index (Phi) is 7.11. The topological polar surface area (TPSA) is 140 Å². The number of carbonyl (C=O) groups is 2. The maximum atomic E-state index is 12.9. The van der Waals surface area contributed by atoms with Gasteiger partial charge in [0, 0.05) is 42.9 Å². The van der Waals surface area contributed by atoms with Gasteiger partial charge < -0.3 is 28.6 Å². The number of carbonyl (C=O) groups excluding carboxylic acids is 1. The van der Waals surface area contributed by atoms with E-state index in [1.807, 2.05) is 27.7 Å². The Morgan fingerprint density at radius 2 is 2.00 bits per heavy atom. The summed E-state index contributed by atoms with van der Waals surface area (Å²) >= 11 is 0. The molecule has 1 aromatic carbocycles. The SMILES string of the molecule is Cc1oc(=O)oc1CC(c1ncn2c1CCc1ccccc1-2)[C@@H](C(=O)O)N1CC[C@H](NC(=O)OC(C)(C)C)C1. The van der Waals surface area contributed by atoms with Crippen LogP contribution in [0.3, 0.4) is 0 Å². The summed E-state index contributed by atoms with van der Waals surface area (Å²) in [6.45, 7) is 7.79. The summed E-state index contributed by atoms with van der Waals surface area (Å²) in [4.78, 5) is 43.7. The summed E-state index contributed by atoms with van der Waals surface area (Å²) in [5.74, 6) is -1.85. The summed E-state index contributed by atoms with van der Waals surface area (Å²) in [6.07, 6.45) is 3.42. The molecule has 3 aromatic rings. The molecule has 0 spiro atoms. The van der Waals surface area contributed by atoms with Gasteiger partial charge in [0.25, 0.3) is 0 Å². The molecule has 4 heterocycles. The van der Waals surface area contributed by atoms with Crippen molar-refractivity contribution >= 4 is 12.1 Å². The first kappa shape index (κ1) is 26.7. The van der Waals surface area contributed by atoms with Crippen molar-refractivity contribution in [1.29, 1.82) is 0 Å². The van der Waals surface area contributed by atoms with Crippen LogP contribution in [-0.2, 0) is 28.8 Å². The number of rotatable bonds is 7. The molecule has 208 valence electrons. The van der Waals surface area contributed by atoms with Crippen molar-refractivity contribution < 1.29 is 28.3 Å². The molecule has 2 aliphatic heterocycles. The number of aliphatic carboxylic acids is 1. The third kappa shape index (κ3) is 5.63. The Morgan fingerprint density at radius 1 is 1.23 bits per heavy atom. The number of imidazole rings is 1. The molecule has 0 bridgehead atoms. The molecule has 5 rings (SSSR count). The number of hydrogen-bond acceptors (Lipinski definition) is 8. The Balaban J connectivity index is 1.47. The van der Waals surface area contributed by atoms with Gasteiger partial charge in [-0.05, 0) is 58.6 Å². The van der Waals surface area contributed by atoms with Gasteiger partial charge in [-0.1, -0.05) is 18.2 Å². The smallest absolute Gasteiger partial charge is 0.480 e. The average Bonchev–Trinajstić information content (AvgIpc) is 3.56. The Labute approximate surface area is 225 Å². The molecule has 0 saturated carbocycles. The molecular weight excluding hydrogens is 504 g/mol. The number of alkyl carbamates (subject to hydrolysis) is 1. The number of aryl methyl sites for hydroxylation is 2. The van der Waals surface area contributed by atoms with E-state index in [2.05, 4.69) is 11.4 Å². The van der Waals surface area contributed by atoms with Crippen molar-refractivity contribution in [3.63, 3.8) is 0 Å². The van der Waals surface area contributed by atoms with Gasteiger partial charge in [-0.3, -0.25) is 9.69 Å². The molecule has 1 fully saturated rings. The second kappa shape index (κ2) is 10.4. The predicted molar refractivity (Wildman–Crippen MR) is 140 cm³/mol. The zero-order valence-electron chi connectivity index (χ0n) is 22.6. The molecule has 3 atom stereocenters. The number of para-hydroxylation sites is 1. The lowest BCUT2D eigenvalue weighted by Crippen LogP contribution is -2.47. The number of nitrogens with one attached hydrogen (secondary N) is 1.